The second-order valence-corrected chi connectivity index (χ2v) is 8.61. The SMILES string of the molecule is CC1(C)CNC(O)c2cc3ccc(C(=O)Nc4cc(-c5ccccc5)on4)nc3n2C1. The van der Waals surface area contributed by atoms with E-state index in [4.69, 9.17) is 4.52 Å². The second-order valence-electron chi connectivity index (χ2n) is 8.61. The van der Waals surface area contributed by atoms with Gasteiger partial charge in [0.1, 0.15) is 17.6 Å². The lowest BCUT2D eigenvalue weighted by Gasteiger charge is -2.23. The van der Waals surface area contributed by atoms with Crippen LogP contribution in [0.1, 0.15) is 36.3 Å². The molecule has 1 aliphatic heterocycles. The van der Waals surface area contributed by atoms with Crippen LogP contribution >= 0.6 is 0 Å². The van der Waals surface area contributed by atoms with E-state index in [1.165, 1.54) is 0 Å². The van der Waals surface area contributed by atoms with Gasteiger partial charge in [-0.25, -0.2) is 4.98 Å². The highest BCUT2D eigenvalue weighted by Gasteiger charge is 2.29. The van der Waals surface area contributed by atoms with Crippen molar-refractivity contribution in [2.24, 2.45) is 5.41 Å². The Kier molecular flexibility index (Phi) is 4.60. The van der Waals surface area contributed by atoms with Crippen molar-refractivity contribution in [1.82, 2.24) is 20.0 Å². The van der Waals surface area contributed by atoms with Crippen molar-refractivity contribution in [2.45, 2.75) is 26.6 Å². The molecule has 0 radical (unpaired) electrons. The van der Waals surface area contributed by atoms with Gasteiger partial charge in [0.15, 0.2) is 11.6 Å². The fourth-order valence-electron chi connectivity index (χ4n) is 3.88. The third kappa shape index (κ3) is 3.71. The zero-order valence-electron chi connectivity index (χ0n) is 17.3. The molecule has 158 valence electrons. The zero-order valence-corrected chi connectivity index (χ0v) is 17.3. The Morgan fingerprint density at radius 3 is 2.84 bits per heavy atom. The zero-order chi connectivity index (χ0) is 21.6. The standard InChI is InChI=1S/C23H23N5O3/c1-23(2)12-24-22(30)17-10-15-8-9-16(25-20(15)28(17)13-23)21(29)26-19-11-18(31-27-19)14-6-4-3-5-7-14/h3-11,22,24,30H,12-13H2,1-2H3,(H,26,27,29). The fraction of sp³-hybridized carbons (Fsp3) is 0.261. The molecule has 4 heterocycles. The molecule has 0 fully saturated rings. The van der Waals surface area contributed by atoms with Crippen molar-refractivity contribution in [3.63, 3.8) is 0 Å². The Morgan fingerprint density at radius 1 is 1.23 bits per heavy atom. The highest BCUT2D eigenvalue weighted by atomic mass is 16.5. The molecule has 0 spiro atoms. The van der Waals surface area contributed by atoms with Gasteiger partial charge in [-0.1, -0.05) is 49.3 Å². The van der Waals surface area contributed by atoms with Gasteiger partial charge in [-0.15, -0.1) is 0 Å². The lowest BCUT2D eigenvalue weighted by atomic mass is 9.94. The van der Waals surface area contributed by atoms with Crippen LogP contribution in [-0.2, 0) is 6.54 Å². The number of pyridine rings is 1. The summed E-state index contributed by atoms with van der Waals surface area (Å²) in [6, 6.07) is 16.6. The Hall–Kier alpha value is -3.49. The molecule has 4 aromatic rings. The van der Waals surface area contributed by atoms with E-state index in [0.29, 0.717) is 30.3 Å². The van der Waals surface area contributed by atoms with Gasteiger partial charge in [0.2, 0.25) is 0 Å². The Bertz CT molecular complexity index is 1260. The van der Waals surface area contributed by atoms with Crippen LogP contribution in [-0.4, -0.2) is 32.3 Å². The molecule has 8 heteroatoms. The number of carbonyl (C=O) groups is 1. The molecule has 0 aliphatic carbocycles. The van der Waals surface area contributed by atoms with E-state index < -0.39 is 6.23 Å². The third-order valence-corrected chi connectivity index (χ3v) is 5.46. The lowest BCUT2D eigenvalue weighted by molar-refractivity contribution is 0.102. The van der Waals surface area contributed by atoms with Crippen molar-refractivity contribution in [1.29, 1.82) is 0 Å². The normalized spacial score (nSPS) is 17.8. The van der Waals surface area contributed by atoms with Gasteiger partial charge in [0, 0.05) is 30.1 Å². The molecule has 0 saturated heterocycles. The third-order valence-electron chi connectivity index (χ3n) is 5.46. The smallest absolute Gasteiger partial charge is 0.275 e. The number of nitrogens with zero attached hydrogens (tertiary/aromatic N) is 3. The van der Waals surface area contributed by atoms with Crippen molar-refractivity contribution in [3.8, 4) is 11.3 Å². The monoisotopic (exact) mass is 417 g/mol. The molecular weight excluding hydrogens is 394 g/mol. The average Bonchev–Trinajstić information content (AvgIpc) is 3.34. The first-order valence-electron chi connectivity index (χ1n) is 10.1. The minimum atomic E-state index is -0.778. The molecule has 8 nitrogen and oxygen atoms in total. The number of aliphatic hydroxyl groups is 1. The number of fused-ring (bicyclic) bond motifs is 3. The maximum absolute atomic E-state index is 12.8. The summed E-state index contributed by atoms with van der Waals surface area (Å²) < 4.78 is 7.33. The van der Waals surface area contributed by atoms with E-state index in [1.807, 2.05) is 47.0 Å². The van der Waals surface area contributed by atoms with E-state index in [1.54, 1.807) is 12.1 Å². The number of carbonyl (C=O) groups excluding carboxylic acids is 1. The summed E-state index contributed by atoms with van der Waals surface area (Å²) in [5.41, 5.74) is 2.48. The quantitative estimate of drug-likeness (QED) is 0.471. The lowest BCUT2D eigenvalue weighted by Crippen LogP contribution is -2.30. The number of aromatic nitrogens is 3. The first-order valence-corrected chi connectivity index (χ1v) is 10.1. The highest BCUT2D eigenvalue weighted by Crippen LogP contribution is 2.30. The van der Waals surface area contributed by atoms with Crippen LogP contribution in [0, 0.1) is 5.41 Å². The predicted octanol–water partition coefficient (Wildman–Crippen LogP) is 3.56. The Morgan fingerprint density at radius 2 is 2.03 bits per heavy atom. The summed E-state index contributed by atoms with van der Waals surface area (Å²) >= 11 is 0. The number of hydrogen-bond acceptors (Lipinski definition) is 6. The molecule has 0 saturated carbocycles. The molecular formula is C23H23N5O3. The van der Waals surface area contributed by atoms with Gasteiger partial charge in [0.05, 0.1) is 5.69 Å². The van der Waals surface area contributed by atoms with Crippen molar-refractivity contribution >= 4 is 22.8 Å². The minimum Gasteiger partial charge on any atom is -0.373 e. The van der Waals surface area contributed by atoms with Gasteiger partial charge in [0.25, 0.3) is 5.91 Å². The number of benzene rings is 1. The summed E-state index contributed by atoms with van der Waals surface area (Å²) in [5.74, 6) is 0.511. The maximum atomic E-state index is 12.8. The minimum absolute atomic E-state index is 0.0767. The Labute approximate surface area is 178 Å². The van der Waals surface area contributed by atoms with Crippen molar-refractivity contribution in [3.05, 3.63) is 66.0 Å². The topological polar surface area (TPSA) is 105 Å². The van der Waals surface area contributed by atoms with E-state index in [-0.39, 0.29) is 17.0 Å². The first-order chi connectivity index (χ1) is 14.9. The van der Waals surface area contributed by atoms with Crippen LogP contribution in [0.3, 0.4) is 0 Å². The maximum Gasteiger partial charge on any atom is 0.275 e. The van der Waals surface area contributed by atoms with E-state index in [9.17, 15) is 9.90 Å². The van der Waals surface area contributed by atoms with Gasteiger partial charge >= 0.3 is 0 Å². The molecule has 31 heavy (non-hydrogen) atoms. The molecule has 3 aromatic heterocycles. The van der Waals surface area contributed by atoms with Gasteiger partial charge in [-0.05, 0) is 23.6 Å². The average molecular weight is 417 g/mol. The summed E-state index contributed by atoms with van der Waals surface area (Å²) in [6.45, 7) is 5.60. The van der Waals surface area contributed by atoms with Crippen molar-refractivity contribution < 1.29 is 14.4 Å². The molecule has 1 aromatic carbocycles. The molecule has 1 atom stereocenters. The molecule has 1 unspecified atom stereocenters. The Balaban J connectivity index is 1.44. The molecule has 5 rings (SSSR count). The van der Waals surface area contributed by atoms with Crippen LogP contribution in [0.4, 0.5) is 5.82 Å². The second kappa shape index (κ2) is 7.33. The number of rotatable bonds is 3. The molecule has 1 amide bonds. The van der Waals surface area contributed by atoms with Gasteiger partial charge < -0.3 is 19.5 Å². The summed E-state index contributed by atoms with van der Waals surface area (Å²) in [4.78, 5) is 17.4. The summed E-state index contributed by atoms with van der Waals surface area (Å²) in [6.07, 6.45) is -0.778. The van der Waals surface area contributed by atoms with E-state index in [2.05, 4.69) is 34.6 Å². The highest BCUT2D eigenvalue weighted by molar-refractivity contribution is 6.03. The van der Waals surface area contributed by atoms with Crippen LogP contribution in [0.25, 0.3) is 22.4 Å². The summed E-state index contributed by atoms with van der Waals surface area (Å²) in [7, 11) is 0. The van der Waals surface area contributed by atoms with E-state index in [0.717, 1.165) is 16.6 Å². The van der Waals surface area contributed by atoms with Crippen LogP contribution in [0.2, 0.25) is 0 Å². The van der Waals surface area contributed by atoms with Crippen LogP contribution in [0.15, 0.2) is 59.1 Å². The largest absolute Gasteiger partial charge is 0.373 e. The van der Waals surface area contributed by atoms with Crippen molar-refractivity contribution in [2.75, 3.05) is 11.9 Å². The van der Waals surface area contributed by atoms with Gasteiger partial charge in [-0.2, -0.15) is 0 Å². The van der Waals surface area contributed by atoms with Crippen LogP contribution in [0.5, 0.6) is 0 Å². The number of hydrogen-bond donors (Lipinski definition) is 3. The molecule has 1 aliphatic rings. The number of aliphatic hydroxyl groups excluding tert-OH is 1. The van der Waals surface area contributed by atoms with E-state index >= 15 is 0 Å². The first kappa shape index (κ1) is 19.5. The molecule has 3 N–H and O–H groups in total. The number of amides is 1. The summed E-state index contributed by atoms with van der Waals surface area (Å²) in [5, 5.41) is 21.2. The number of nitrogens with one attached hydrogen (secondary N) is 2. The van der Waals surface area contributed by atoms with Gasteiger partial charge in [-0.3, -0.25) is 10.1 Å². The fourth-order valence-corrected chi connectivity index (χ4v) is 3.88. The predicted molar refractivity (Wildman–Crippen MR) is 116 cm³/mol. The van der Waals surface area contributed by atoms with Crippen LogP contribution < -0.4 is 10.6 Å². The number of anilines is 1. The molecule has 0 bridgehead atoms.